The van der Waals surface area contributed by atoms with Gasteiger partial charge >= 0.3 is 6.03 Å². The van der Waals surface area contributed by atoms with Crippen molar-refractivity contribution in [1.29, 1.82) is 0 Å². The molecule has 7 nitrogen and oxygen atoms in total. The molecular weight excluding hydrogens is 294 g/mol. The van der Waals surface area contributed by atoms with Gasteiger partial charge in [0.15, 0.2) is 0 Å². The summed E-state index contributed by atoms with van der Waals surface area (Å²) >= 11 is 0. The number of rotatable bonds is 5. The van der Waals surface area contributed by atoms with Crippen LogP contribution in [0.3, 0.4) is 0 Å². The second kappa shape index (κ2) is 6.78. The summed E-state index contributed by atoms with van der Waals surface area (Å²) in [4.78, 5) is 16.1. The molecular formula is C16H21N5O2. The summed E-state index contributed by atoms with van der Waals surface area (Å²) < 4.78 is 1.57. The standard InChI is InChI=1S/C16H21N5O2/c1-21-13(7-8-19-21)14(22)10-18-16(23)20-15-6-5-12(9-17-15)11-3-2-4-11/h5-9,11,14,22H,2-4,10H2,1H3,(H2,17,18,20,23). The van der Waals surface area contributed by atoms with Crippen molar-refractivity contribution >= 4 is 11.8 Å². The summed E-state index contributed by atoms with van der Waals surface area (Å²) in [6.07, 6.45) is 6.35. The first kappa shape index (κ1) is 15.5. The Morgan fingerprint density at radius 1 is 1.43 bits per heavy atom. The third-order valence-electron chi connectivity index (χ3n) is 4.26. The number of hydrogen-bond donors (Lipinski definition) is 3. The molecule has 0 spiro atoms. The molecule has 122 valence electrons. The Bertz CT molecular complexity index is 663. The highest BCUT2D eigenvalue weighted by molar-refractivity contribution is 5.88. The molecule has 1 atom stereocenters. The van der Waals surface area contributed by atoms with Crippen molar-refractivity contribution in [2.45, 2.75) is 31.3 Å². The Hall–Kier alpha value is -2.41. The number of amides is 2. The van der Waals surface area contributed by atoms with E-state index in [0.717, 1.165) is 0 Å². The maximum absolute atomic E-state index is 11.9. The number of nitrogens with one attached hydrogen (secondary N) is 2. The van der Waals surface area contributed by atoms with Crippen LogP contribution in [0.5, 0.6) is 0 Å². The molecule has 1 unspecified atom stereocenters. The van der Waals surface area contributed by atoms with Crippen molar-refractivity contribution in [1.82, 2.24) is 20.1 Å². The molecule has 23 heavy (non-hydrogen) atoms. The lowest BCUT2D eigenvalue weighted by Crippen LogP contribution is -2.33. The number of aliphatic hydroxyl groups excluding tert-OH is 1. The Balaban J connectivity index is 1.48. The van der Waals surface area contributed by atoms with Gasteiger partial charge in [-0.2, -0.15) is 5.10 Å². The van der Waals surface area contributed by atoms with E-state index < -0.39 is 12.1 Å². The number of aromatic nitrogens is 3. The monoisotopic (exact) mass is 315 g/mol. The van der Waals surface area contributed by atoms with Crippen LogP contribution in [0.1, 0.15) is 42.5 Å². The normalized spacial score (nSPS) is 15.7. The summed E-state index contributed by atoms with van der Waals surface area (Å²) in [5, 5.41) is 19.3. The fourth-order valence-electron chi connectivity index (χ4n) is 2.63. The molecule has 0 saturated heterocycles. The zero-order valence-electron chi connectivity index (χ0n) is 13.1. The zero-order chi connectivity index (χ0) is 16.2. The van der Waals surface area contributed by atoms with E-state index in [1.54, 1.807) is 24.0 Å². The third-order valence-corrected chi connectivity index (χ3v) is 4.26. The molecule has 2 amide bonds. The predicted molar refractivity (Wildman–Crippen MR) is 86.0 cm³/mol. The Labute approximate surface area is 134 Å². The second-order valence-electron chi connectivity index (χ2n) is 5.84. The van der Waals surface area contributed by atoms with Crippen molar-refractivity contribution in [3.63, 3.8) is 0 Å². The largest absolute Gasteiger partial charge is 0.385 e. The Morgan fingerprint density at radius 3 is 2.83 bits per heavy atom. The van der Waals surface area contributed by atoms with Gasteiger partial charge < -0.3 is 10.4 Å². The summed E-state index contributed by atoms with van der Waals surface area (Å²) in [5.74, 6) is 1.13. The van der Waals surface area contributed by atoms with Crippen molar-refractivity contribution in [3.05, 3.63) is 41.9 Å². The summed E-state index contributed by atoms with van der Waals surface area (Å²) in [6.45, 7) is 0.103. The molecule has 0 bridgehead atoms. The van der Waals surface area contributed by atoms with Gasteiger partial charge in [-0.15, -0.1) is 0 Å². The highest BCUT2D eigenvalue weighted by atomic mass is 16.3. The number of carbonyl (C=O) groups excluding carboxylic acids is 1. The number of aliphatic hydroxyl groups is 1. The van der Waals surface area contributed by atoms with E-state index in [1.165, 1.54) is 24.8 Å². The van der Waals surface area contributed by atoms with Gasteiger partial charge in [-0.3, -0.25) is 10.00 Å². The predicted octanol–water partition coefficient (Wildman–Crippen LogP) is 1.94. The number of hydrogen-bond acceptors (Lipinski definition) is 4. The number of nitrogens with zero attached hydrogens (tertiary/aromatic N) is 3. The summed E-state index contributed by atoms with van der Waals surface area (Å²) in [7, 11) is 1.74. The first-order chi connectivity index (χ1) is 11.1. The molecule has 0 aliphatic heterocycles. The van der Waals surface area contributed by atoms with Gasteiger partial charge in [0.1, 0.15) is 11.9 Å². The summed E-state index contributed by atoms with van der Waals surface area (Å²) in [6, 6.07) is 5.14. The lowest BCUT2D eigenvalue weighted by molar-refractivity contribution is 0.166. The number of aryl methyl sites for hydroxylation is 1. The molecule has 3 N–H and O–H groups in total. The highest BCUT2D eigenvalue weighted by Gasteiger charge is 2.19. The quantitative estimate of drug-likeness (QED) is 0.786. The van der Waals surface area contributed by atoms with Crippen molar-refractivity contribution in [2.24, 2.45) is 7.05 Å². The molecule has 0 aromatic carbocycles. The fourth-order valence-corrected chi connectivity index (χ4v) is 2.63. The van der Waals surface area contributed by atoms with Gasteiger partial charge in [0, 0.05) is 19.4 Å². The minimum Gasteiger partial charge on any atom is -0.385 e. The van der Waals surface area contributed by atoms with E-state index in [-0.39, 0.29) is 6.54 Å². The highest BCUT2D eigenvalue weighted by Crippen LogP contribution is 2.35. The van der Waals surface area contributed by atoms with Crippen LogP contribution in [-0.2, 0) is 7.05 Å². The van der Waals surface area contributed by atoms with E-state index in [9.17, 15) is 9.90 Å². The zero-order valence-corrected chi connectivity index (χ0v) is 13.1. The van der Waals surface area contributed by atoms with Crippen LogP contribution in [0, 0.1) is 0 Å². The number of pyridine rings is 1. The van der Waals surface area contributed by atoms with Gasteiger partial charge in [0.2, 0.25) is 0 Å². The molecule has 3 rings (SSSR count). The van der Waals surface area contributed by atoms with Crippen LogP contribution >= 0.6 is 0 Å². The molecule has 7 heteroatoms. The second-order valence-corrected chi connectivity index (χ2v) is 5.84. The van der Waals surface area contributed by atoms with Crippen LogP contribution < -0.4 is 10.6 Å². The van der Waals surface area contributed by atoms with Gasteiger partial charge in [-0.1, -0.05) is 12.5 Å². The molecule has 2 heterocycles. The topological polar surface area (TPSA) is 92.1 Å². The molecule has 1 aliphatic rings. The molecule has 0 radical (unpaired) electrons. The fraction of sp³-hybridized carbons (Fsp3) is 0.438. The van der Waals surface area contributed by atoms with E-state index in [0.29, 0.717) is 17.4 Å². The van der Waals surface area contributed by atoms with Crippen molar-refractivity contribution in [3.8, 4) is 0 Å². The number of anilines is 1. The minimum atomic E-state index is -0.804. The van der Waals surface area contributed by atoms with Crippen LogP contribution in [0.2, 0.25) is 0 Å². The van der Waals surface area contributed by atoms with Crippen molar-refractivity contribution < 1.29 is 9.90 Å². The van der Waals surface area contributed by atoms with E-state index in [4.69, 9.17) is 0 Å². The maximum atomic E-state index is 11.9. The smallest absolute Gasteiger partial charge is 0.320 e. The molecule has 1 fully saturated rings. The minimum absolute atomic E-state index is 0.103. The number of urea groups is 1. The van der Waals surface area contributed by atoms with Crippen LogP contribution in [0.15, 0.2) is 30.6 Å². The summed E-state index contributed by atoms with van der Waals surface area (Å²) in [5.41, 5.74) is 1.88. The van der Waals surface area contributed by atoms with Crippen LogP contribution in [0.4, 0.5) is 10.6 Å². The van der Waals surface area contributed by atoms with Gasteiger partial charge in [-0.05, 0) is 36.5 Å². The van der Waals surface area contributed by atoms with Crippen LogP contribution in [-0.4, -0.2) is 32.4 Å². The third kappa shape index (κ3) is 3.68. The average Bonchev–Trinajstić information content (AvgIpc) is 2.91. The van der Waals surface area contributed by atoms with Crippen molar-refractivity contribution in [2.75, 3.05) is 11.9 Å². The molecule has 2 aromatic rings. The molecule has 2 aromatic heterocycles. The molecule has 1 aliphatic carbocycles. The average molecular weight is 315 g/mol. The lowest BCUT2D eigenvalue weighted by Gasteiger charge is -2.25. The Morgan fingerprint density at radius 2 is 2.26 bits per heavy atom. The van der Waals surface area contributed by atoms with Gasteiger partial charge in [0.25, 0.3) is 0 Å². The molecule has 1 saturated carbocycles. The Kier molecular flexibility index (Phi) is 4.57. The first-order valence-electron chi connectivity index (χ1n) is 7.80. The van der Waals surface area contributed by atoms with Gasteiger partial charge in [-0.25, -0.2) is 9.78 Å². The number of carbonyl (C=O) groups is 1. The van der Waals surface area contributed by atoms with Crippen LogP contribution in [0.25, 0.3) is 0 Å². The maximum Gasteiger partial charge on any atom is 0.320 e. The van der Waals surface area contributed by atoms with E-state index in [1.807, 2.05) is 18.3 Å². The van der Waals surface area contributed by atoms with E-state index >= 15 is 0 Å². The lowest BCUT2D eigenvalue weighted by atomic mass is 9.81. The SMILES string of the molecule is Cn1nccc1C(O)CNC(=O)Nc1ccc(C2CCC2)cn1. The van der Waals surface area contributed by atoms with Gasteiger partial charge in [0.05, 0.1) is 12.2 Å². The van der Waals surface area contributed by atoms with E-state index in [2.05, 4.69) is 20.7 Å². The first-order valence-corrected chi connectivity index (χ1v) is 7.80.